The molecule has 0 aliphatic heterocycles. The molecular weight excluding hydrogens is 206 g/mol. The van der Waals surface area contributed by atoms with Crippen LogP contribution in [-0.4, -0.2) is 23.6 Å². The molecule has 76 valence electrons. The molecule has 0 aliphatic carbocycles. The molecule has 1 aromatic heterocycles. The Balaban J connectivity index is 2.39. The molecule has 14 heavy (non-hydrogen) atoms. The zero-order valence-corrected chi connectivity index (χ0v) is 8.26. The first-order chi connectivity index (χ1) is 6.59. The van der Waals surface area contributed by atoms with Crippen LogP contribution < -0.4 is 5.48 Å². The van der Waals surface area contributed by atoms with E-state index in [2.05, 4.69) is 4.84 Å². The van der Waals surface area contributed by atoms with Gasteiger partial charge in [0.05, 0.1) is 4.88 Å². The highest BCUT2D eigenvalue weighted by Crippen LogP contribution is 2.14. The molecule has 1 amide bonds. The summed E-state index contributed by atoms with van der Waals surface area (Å²) in [4.78, 5) is 27.2. The number of amides is 1. The number of hydroxylamine groups is 1. The molecule has 0 saturated heterocycles. The second-order valence-corrected chi connectivity index (χ2v) is 3.81. The minimum Gasteiger partial charge on any atom is -0.479 e. The van der Waals surface area contributed by atoms with Crippen LogP contribution in [0, 0.1) is 6.92 Å². The van der Waals surface area contributed by atoms with Gasteiger partial charge in [-0.1, -0.05) is 0 Å². The number of thiophene rings is 1. The maximum Gasteiger partial charge on any atom is 0.332 e. The van der Waals surface area contributed by atoms with Crippen LogP contribution in [0.4, 0.5) is 0 Å². The van der Waals surface area contributed by atoms with Gasteiger partial charge in [-0.15, -0.1) is 11.3 Å². The Morgan fingerprint density at radius 2 is 2.29 bits per heavy atom. The van der Waals surface area contributed by atoms with Crippen LogP contribution in [0.3, 0.4) is 0 Å². The third-order valence-corrected chi connectivity index (χ3v) is 2.32. The fourth-order valence-corrected chi connectivity index (χ4v) is 1.52. The normalized spacial score (nSPS) is 9.79. The molecular formula is C8H9NO4S. The number of carboxylic acids is 1. The summed E-state index contributed by atoms with van der Waals surface area (Å²) in [6.45, 7) is 1.33. The topological polar surface area (TPSA) is 75.6 Å². The quantitative estimate of drug-likeness (QED) is 0.728. The number of carbonyl (C=O) groups is 2. The van der Waals surface area contributed by atoms with Crippen LogP contribution in [0.5, 0.6) is 0 Å². The SMILES string of the molecule is Cc1ccc(C(=O)NOCC(=O)O)s1. The zero-order chi connectivity index (χ0) is 10.6. The summed E-state index contributed by atoms with van der Waals surface area (Å²) in [5, 5.41) is 8.23. The van der Waals surface area contributed by atoms with E-state index in [-0.39, 0.29) is 0 Å². The number of aryl methyl sites for hydroxylation is 1. The van der Waals surface area contributed by atoms with E-state index < -0.39 is 18.5 Å². The Morgan fingerprint density at radius 3 is 2.79 bits per heavy atom. The van der Waals surface area contributed by atoms with Crippen molar-refractivity contribution < 1.29 is 19.5 Å². The van der Waals surface area contributed by atoms with Crippen molar-refractivity contribution in [3.63, 3.8) is 0 Å². The van der Waals surface area contributed by atoms with Crippen molar-refractivity contribution in [2.75, 3.05) is 6.61 Å². The molecule has 0 spiro atoms. The van der Waals surface area contributed by atoms with Gasteiger partial charge in [0.2, 0.25) is 0 Å². The third kappa shape index (κ3) is 3.15. The van der Waals surface area contributed by atoms with E-state index in [1.165, 1.54) is 11.3 Å². The zero-order valence-electron chi connectivity index (χ0n) is 7.44. The Morgan fingerprint density at radius 1 is 1.57 bits per heavy atom. The van der Waals surface area contributed by atoms with Crippen molar-refractivity contribution >= 4 is 23.2 Å². The highest BCUT2D eigenvalue weighted by atomic mass is 32.1. The monoisotopic (exact) mass is 215 g/mol. The average Bonchev–Trinajstić information content (AvgIpc) is 2.51. The lowest BCUT2D eigenvalue weighted by Gasteiger charge is -2.00. The van der Waals surface area contributed by atoms with Crippen molar-refractivity contribution in [2.24, 2.45) is 0 Å². The molecule has 1 aromatic rings. The minimum absolute atomic E-state index is 0.427. The van der Waals surface area contributed by atoms with E-state index in [1.54, 1.807) is 12.1 Å². The summed E-state index contributed by atoms with van der Waals surface area (Å²) in [7, 11) is 0. The lowest BCUT2D eigenvalue weighted by atomic mass is 10.4. The molecule has 0 bridgehead atoms. The summed E-state index contributed by atoms with van der Waals surface area (Å²) < 4.78 is 0. The number of hydrogen-bond donors (Lipinski definition) is 2. The summed E-state index contributed by atoms with van der Waals surface area (Å²) in [6, 6.07) is 3.45. The van der Waals surface area contributed by atoms with Gasteiger partial charge in [-0.3, -0.25) is 9.63 Å². The van der Waals surface area contributed by atoms with Gasteiger partial charge in [-0.2, -0.15) is 0 Å². The molecule has 1 heterocycles. The lowest BCUT2D eigenvalue weighted by molar-refractivity contribution is -0.144. The average molecular weight is 215 g/mol. The predicted molar refractivity (Wildman–Crippen MR) is 50.1 cm³/mol. The van der Waals surface area contributed by atoms with Crippen LogP contribution >= 0.6 is 11.3 Å². The van der Waals surface area contributed by atoms with Crippen LogP contribution in [0.15, 0.2) is 12.1 Å². The van der Waals surface area contributed by atoms with E-state index in [4.69, 9.17) is 5.11 Å². The Hall–Kier alpha value is -1.40. The highest BCUT2D eigenvalue weighted by molar-refractivity contribution is 7.13. The molecule has 0 aliphatic rings. The molecule has 1 rings (SSSR count). The minimum atomic E-state index is -1.13. The van der Waals surface area contributed by atoms with E-state index in [9.17, 15) is 9.59 Å². The summed E-state index contributed by atoms with van der Waals surface area (Å²) >= 11 is 1.32. The lowest BCUT2D eigenvalue weighted by Crippen LogP contribution is -2.25. The van der Waals surface area contributed by atoms with Gasteiger partial charge in [0, 0.05) is 4.88 Å². The smallest absolute Gasteiger partial charge is 0.332 e. The largest absolute Gasteiger partial charge is 0.479 e. The van der Waals surface area contributed by atoms with Crippen molar-refractivity contribution in [3.8, 4) is 0 Å². The Labute approximate surface area is 84.3 Å². The van der Waals surface area contributed by atoms with E-state index in [0.717, 1.165) is 4.88 Å². The van der Waals surface area contributed by atoms with Crippen LogP contribution in [0.2, 0.25) is 0 Å². The molecule has 0 aromatic carbocycles. The van der Waals surface area contributed by atoms with Crippen molar-refractivity contribution in [1.82, 2.24) is 5.48 Å². The van der Waals surface area contributed by atoms with Crippen LogP contribution in [0.1, 0.15) is 14.5 Å². The van der Waals surface area contributed by atoms with Crippen LogP contribution in [0.25, 0.3) is 0 Å². The molecule has 0 fully saturated rings. The molecule has 0 unspecified atom stereocenters. The first-order valence-electron chi connectivity index (χ1n) is 3.80. The number of aliphatic carboxylic acids is 1. The number of rotatable bonds is 4. The fraction of sp³-hybridized carbons (Fsp3) is 0.250. The third-order valence-electron chi connectivity index (χ3n) is 1.32. The first kappa shape index (κ1) is 10.7. The number of carboxylic acid groups (broad SMARTS) is 1. The van der Waals surface area contributed by atoms with Crippen LogP contribution in [-0.2, 0) is 9.63 Å². The standard InChI is InChI=1S/C8H9NO4S/c1-5-2-3-6(14-5)8(12)9-13-4-7(10)11/h2-3H,4H2,1H3,(H,9,12)(H,10,11). The van der Waals surface area contributed by atoms with Gasteiger partial charge in [0.1, 0.15) is 0 Å². The van der Waals surface area contributed by atoms with E-state index in [0.29, 0.717) is 4.88 Å². The van der Waals surface area contributed by atoms with Crippen molar-refractivity contribution in [3.05, 3.63) is 21.9 Å². The van der Waals surface area contributed by atoms with Gasteiger partial charge < -0.3 is 5.11 Å². The highest BCUT2D eigenvalue weighted by Gasteiger charge is 2.08. The molecule has 0 saturated carbocycles. The molecule has 6 heteroatoms. The van der Waals surface area contributed by atoms with Gasteiger partial charge >= 0.3 is 5.97 Å². The van der Waals surface area contributed by atoms with Gasteiger partial charge in [0.25, 0.3) is 5.91 Å². The number of hydrogen-bond acceptors (Lipinski definition) is 4. The maximum atomic E-state index is 11.2. The van der Waals surface area contributed by atoms with E-state index in [1.807, 2.05) is 12.4 Å². The summed E-state index contributed by atoms with van der Waals surface area (Å²) in [5.74, 6) is -1.56. The summed E-state index contributed by atoms with van der Waals surface area (Å²) in [5.41, 5.74) is 2.03. The Kier molecular flexibility index (Phi) is 3.61. The van der Waals surface area contributed by atoms with E-state index >= 15 is 0 Å². The first-order valence-corrected chi connectivity index (χ1v) is 4.61. The fourth-order valence-electron chi connectivity index (χ4n) is 0.770. The van der Waals surface area contributed by atoms with Crippen molar-refractivity contribution in [2.45, 2.75) is 6.92 Å². The molecule has 0 atom stereocenters. The summed E-state index contributed by atoms with van der Waals surface area (Å²) in [6.07, 6.45) is 0. The van der Waals surface area contributed by atoms with Crippen molar-refractivity contribution in [1.29, 1.82) is 0 Å². The maximum absolute atomic E-state index is 11.2. The van der Waals surface area contributed by atoms with Gasteiger partial charge in [0.15, 0.2) is 6.61 Å². The van der Waals surface area contributed by atoms with Gasteiger partial charge in [-0.05, 0) is 19.1 Å². The molecule has 5 nitrogen and oxygen atoms in total. The predicted octanol–water partition coefficient (Wildman–Crippen LogP) is 0.803. The molecule has 2 N–H and O–H groups in total. The second kappa shape index (κ2) is 4.73. The number of nitrogens with one attached hydrogen (secondary N) is 1. The Bertz CT molecular complexity index is 347. The van der Waals surface area contributed by atoms with Gasteiger partial charge in [-0.25, -0.2) is 10.3 Å². The second-order valence-electron chi connectivity index (χ2n) is 2.52. The number of carbonyl (C=O) groups excluding carboxylic acids is 1. The molecule has 0 radical (unpaired) electrons.